The van der Waals surface area contributed by atoms with Crippen molar-refractivity contribution in [2.75, 3.05) is 0 Å². The molecular formula is C28H34O2P+. The molecule has 0 radical (unpaired) electrons. The third kappa shape index (κ3) is 6.35. The number of hydrogen-bond acceptors (Lipinski definition) is 1. The summed E-state index contributed by atoms with van der Waals surface area (Å²) in [5.74, 6) is 0. The van der Waals surface area contributed by atoms with E-state index < -0.39 is 8.03 Å². The summed E-state index contributed by atoms with van der Waals surface area (Å²) in [4.78, 5) is 10.0. The lowest BCUT2D eigenvalue weighted by molar-refractivity contribution is 0.513. The van der Waals surface area contributed by atoms with Crippen molar-refractivity contribution in [2.24, 2.45) is 0 Å². The zero-order valence-electron chi connectivity index (χ0n) is 18.8. The van der Waals surface area contributed by atoms with Gasteiger partial charge in [0.05, 0.1) is 0 Å². The summed E-state index contributed by atoms with van der Waals surface area (Å²) in [7, 11) is -2.43. The first-order valence-corrected chi connectivity index (χ1v) is 12.8. The van der Waals surface area contributed by atoms with Crippen LogP contribution in [0.2, 0.25) is 0 Å². The van der Waals surface area contributed by atoms with Gasteiger partial charge in [0.25, 0.3) is 0 Å². The van der Waals surface area contributed by atoms with Crippen LogP contribution in [0.3, 0.4) is 0 Å². The Bertz CT molecular complexity index is 975. The second kappa shape index (κ2) is 11.9. The quantitative estimate of drug-likeness (QED) is 0.247. The van der Waals surface area contributed by atoms with Crippen molar-refractivity contribution in [1.82, 2.24) is 0 Å². The van der Waals surface area contributed by atoms with E-state index in [1.807, 2.05) is 6.07 Å². The zero-order valence-corrected chi connectivity index (χ0v) is 19.7. The fourth-order valence-corrected chi connectivity index (χ4v) is 4.75. The summed E-state index contributed by atoms with van der Waals surface area (Å²) in [6, 6.07) is 22.9. The molecule has 0 aliphatic heterocycles. The standard InChI is InChI=1S/C28H33O2P/c1-3-5-7-10-22-14-18-24(19-15-22)26-12-9-13-27(31(29)30)28(26)25-20-16-23(17-21-25)11-8-6-4-2/h9,12-21H,3-8,10-11H2,1-2H3/p+1. The molecule has 0 saturated heterocycles. The molecular weight excluding hydrogens is 399 g/mol. The Hall–Kier alpha value is -2.28. The average Bonchev–Trinajstić information content (AvgIpc) is 2.80. The Labute approximate surface area is 188 Å². The molecule has 0 bridgehead atoms. The van der Waals surface area contributed by atoms with Crippen molar-refractivity contribution in [3.63, 3.8) is 0 Å². The van der Waals surface area contributed by atoms with E-state index in [0.717, 1.165) is 35.1 Å². The van der Waals surface area contributed by atoms with Crippen molar-refractivity contribution >= 4 is 13.3 Å². The molecule has 1 atom stereocenters. The number of unbranched alkanes of at least 4 members (excludes halogenated alkanes) is 4. The SMILES string of the molecule is CCCCCc1ccc(-c2cccc([P+](=O)O)c2-c2ccc(CCCCC)cc2)cc1. The molecule has 31 heavy (non-hydrogen) atoms. The van der Waals surface area contributed by atoms with Crippen LogP contribution in [0.1, 0.15) is 63.5 Å². The molecule has 0 spiro atoms. The largest absolute Gasteiger partial charge is 0.546 e. The average molecular weight is 434 g/mol. The van der Waals surface area contributed by atoms with Crippen LogP contribution in [-0.4, -0.2) is 4.89 Å². The second-order valence-corrected chi connectivity index (χ2v) is 9.31. The van der Waals surface area contributed by atoms with Gasteiger partial charge in [0, 0.05) is 5.56 Å². The highest BCUT2D eigenvalue weighted by atomic mass is 31.1. The van der Waals surface area contributed by atoms with Gasteiger partial charge >= 0.3 is 8.03 Å². The van der Waals surface area contributed by atoms with Gasteiger partial charge < -0.3 is 0 Å². The summed E-state index contributed by atoms with van der Waals surface area (Å²) in [5.41, 5.74) is 6.62. The Morgan fingerprint density at radius 2 is 1.19 bits per heavy atom. The number of rotatable bonds is 11. The first kappa shape index (κ1) is 23.4. The summed E-state index contributed by atoms with van der Waals surface area (Å²) >= 11 is 0. The van der Waals surface area contributed by atoms with E-state index in [1.165, 1.54) is 49.7 Å². The molecule has 0 fully saturated rings. The van der Waals surface area contributed by atoms with E-state index in [2.05, 4.69) is 68.4 Å². The van der Waals surface area contributed by atoms with Gasteiger partial charge in [-0.2, -0.15) is 4.89 Å². The highest BCUT2D eigenvalue weighted by Crippen LogP contribution is 2.35. The van der Waals surface area contributed by atoms with E-state index >= 15 is 0 Å². The predicted octanol–water partition coefficient (Wildman–Crippen LogP) is 7.85. The van der Waals surface area contributed by atoms with E-state index in [-0.39, 0.29) is 0 Å². The molecule has 0 aromatic heterocycles. The van der Waals surface area contributed by atoms with Gasteiger partial charge in [0.2, 0.25) is 5.30 Å². The minimum Gasteiger partial charge on any atom is -0.156 e. The molecule has 0 heterocycles. The third-order valence-electron chi connectivity index (χ3n) is 5.89. The molecule has 3 heteroatoms. The van der Waals surface area contributed by atoms with Crippen LogP contribution in [-0.2, 0) is 17.4 Å². The molecule has 0 aliphatic rings. The van der Waals surface area contributed by atoms with Crippen molar-refractivity contribution in [3.05, 3.63) is 77.9 Å². The van der Waals surface area contributed by atoms with Gasteiger partial charge in [-0.1, -0.05) is 100 Å². The molecule has 1 N–H and O–H groups in total. The van der Waals surface area contributed by atoms with Gasteiger partial charge in [0.1, 0.15) is 0 Å². The van der Waals surface area contributed by atoms with Crippen LogP contribution < -0.4 is 5.30 Å². The summed E-state index contributed by atoms with van der Waals surface area (Å²) in [6.07, 6.45) is 9.54. The van der Waals surface area contributed by atoms with Crippen LogP contribution in [0, 0.1) is 0 Å². The summed E-state index contributed by atoms with van der Waals surface area (Å²) in [5, 5.41) is 0.498. The first-order valence-electron chi connectivity index (χ1n) is 11.6. The highest BCUT2D eigenvalue weighted by molar-refractivity contribution is 7.47. The normalized spacial score (nSPS) is 11.5. The third-order valence-corrected chi connectivity index (χ3v) is 6.68. The second-order valence-electron chi connectivity index (χ2n) is 8.28. The smallest absolute Gasteiger partial charge is 0.156 e. The zero-order chi connectivity index (χ0) is 22.1. The lowest BCUT2D eigenvalue weighted by Gasteiger charge is -2.12. The molecule has 2 nitrogen and oxygen atoms in total. The van der Waals surface area contributed by atoms with Crippen molar-refractivity contribution in [3.8, 4) is 22.3 Å². The van der Waals surface area contributed by atoms with E-state index in [4.69, 9.17) is 0 Å². The molecule has 0 amide bonds. The first-order chi connectivity index (χ1) is 15.1. The van der Waals surface area contributed by atoms with Crippen LogP contribution >= 0.6 is 8.03 Å². The number of aryl methyl sites for hydroxylation is 2. The van der Waals surface area contributed by atoms with Gasteiger partial charge in [-0.05, 0) is 64.1 Å². The van der Waals surface area contributed by atoms with Gasteiger partial charge in [0.15, 0.2) is 0 Å². The fraction of sp³-hybridized carbons (Fsp3) is 0.357. The van der Waals surface area contributed by atoms with E-state index in [0.29, 0.717) is 5.30 Å². The van der Waals surface area contributed by atoms with E-state index in [1.54, 1.807) is 6.07 Å². The maximum absolute atomic E-state index is 12.2. The lowest BCUT2D eigenvalue weighted by Crippen LogP contribution is -2.04. The van der Waals surface area contributed by atoms with Crippen LogP contribution in [0.25, 0.3) is 22.3 Å². The molecule has 0 saturated carbocycles. The van der Waals surface area contributed by atoms with Crippen LogP contribution in [0.5, 0.6) is 0 Å². The fourth-order valence-electron chi connectivity index (χ4n) is 4.09. The van der Waals surface area contributed by atoms with Crippen molar-refractivity contribution in [1.29, 1.82) is 0 Å². The molecule has 0 aliphatic carbocycles. The number of hydrogen-bond donors (Lipinski definition) is 1. The minimum atomic E-state index is -2.43. The predicted molar refractivity (Wildman–Crippen MR) is 133 cm³/mol. The molecule has 3 aromatic carbocycles. The monoisotopic (exact) mass is 433 g/mol. The van der Waals surface area contributed by atoms with Gasteiger partial charge in [-0.15, -0.1) is 0 Å². The maximum atomic E-state index is 12.2. The topological polar surface area (TPSA) is 37.3 Å². The highest BCUT2D eigenvalue weighted by Gasteiger charge is 2.25. The molecule has 1 unspecified atom stereocenters. The van der Waals surface area contributed by atoms with Gasteiger partial charge in [-0.3, -0.25) is 0 Å². The molecule has 162 valence electrons. The number of benzene rings is 3. The van der Waals surface area contributed by atoms with Crippen LogP contribution in [0.4, 0.5) is 0 Å². The van der Waals surface area contributed by atoms with Crippen LogP contribution in [0.15, 0.2) is 66.7 Å². The Kier molecular flexibility index (Phi) is 9.00. The Balaban J connectivity index is 1.94. The minimum absolute atomic E-state index is 0.498. The van der Waals surface area contributed by atoms with Gasteiger partial charge in [-0.25, -0.2) is 0 Å². The summed E-state index contributed by atoms with van der Waals surface area (Å²) in [6.45, 7) is 4.44. The molecule has 3 rings (SSSR count). The Morgan fingerprint density at radius 3 is 1.68 bits per heavy atom. The van der Waals surface area contributed by atoms with Crippen molar-refractivity contribution in [2.45, 2.75) is 65.2 Å². The maximum Gasteiger partial charge on any atom is 0.546 e. The van der Waals surface area contributed by atoms with Crippen molar-refractivity contribution < 1.29 is 9.46 Å². The Morgan fingerprint density at radius 1 is 0.677 bits per heavy atom. The lowest BCUT2D eigenvalue weighted by atomic mass is 9.92. The summed E-state index contributed by atoms with van der Waals surface area (Å²) < 4.78 is 12.2. The van der Waals surface area contributed by atoms with E-state index in [9.17, 15) is 9.46 Å². The molecule has 3 aromatic rings.